The average molecular weight is 382 g/mol. The molecule has 0 fully saturated rings. The molecule has 3 rings (SSSR count). The van der Waals surface area contributed by atoms with Crippen molar-refractivity contribution in [2.45, 2.75) is 19.2 Å². The molecule has 2 N–H and O–H groups in total. The molecule has 142 valence electrons. The van der Waals surface area contributed by atoms with Crippen LogP contribution in [0.4, 0.5) is 0 Å². The highest BCUT2D eigenvalue weighted by Gasteiger charge is 2.02. The maximum Gasteiger partial charge on any atom is 0.191 e. The number of guanidine groups is 1. The van der Waals surface area contributed by atoms with Crippen molar-refractivity contribution in [3.63, 3.8) is 0 Å². The molecule has 0 unspecified atom stereocenters. The Morgan fingerprint density at radius 3 is 2.78 bits per heavy atom. The second-order valence-electron chi connectivity index (χ2n) is 6.26. The van der Waals surface area contributed by atoms with Crippen LogP contribution in [0.25, 0.3) is 10.8 Å². The zero-order valence-electron chi connectivity index (χ0n) is 16.0. The summed E-state index contributed by atoms with van der Waals surface area (Å²) in [6.45, 7) is 4.43. The maximum absolute atomic E-state index is 4.64. The highest BCUT2D eigenvalue weighted by molar-refractivity contribution is 7.98. The third-order valence-electron chi connectivity index (χ3n) is 4.34. The molecule has 0 spiro atoms. The van der Waals surface area contributed by atoms with Crippen molar-refractivity contribution in [1.82, 2.24) is 20.4 Å². The van der Waals surface area contributed by atoms with E-state index in [0.29, 0.717) is 6.54 Å². The van der Waals surface area contributed by atoms with Crippen LogP contribution in [0.3, 0.4) is 0 Å². The summed E-state index contributed by atoms with van der Waals surface area (Å²) in [4.78, 5) is 4.64. The molecule has 1 heterocycles. The Kier molecular flexibility index (Phi) is 7.16. The number of aryl methyl sites for hydroxylation is 1. The fourth-order valence-electron chi connectivity index (χ4n) is 2.90. The number of nitrogens with one attached hydrogen (secondary N) is 2. The lowest BCUT2D eigenvalue weighted by Gasteiger charge is -2.11. The molecule has 0 atom stereocenters. The number of fused-ring (bicyclic) bond motifs is 1. The van der Waals surface area contributed by atoms with Gasteiger partial charge in [-0.3, -0.25) is 4.68 Å². The summed E-state index contributed by atoms with van der Waals surface area (Å²) in [5.74, 6) is 2.90. The van der Waals surface area contributed by atoms with Crippen LogP contribution >= 0.6 is 11.8 Å². The van der Waals surface area contributed by atoms with E-state index in [1.807, 2.05) is 29.6 Å². The van der Waals surface area contributed by atoms with Crippen LogP contribution in [0.2, 0.25) is 0 Å². The van der Waals surface area contributed by atoms with Crippen molar-refractivity contribution in [2.24, 2.45) is 12.0 Å². The van der Waals surface area contributed by atoms with Crippen molar-refractivity contribution in [3.8, 4) is 0 Å². The zero-order valence-corrected chi connectivity index (χ0v) is 16.8. The highest BCUT2D eigenvalue weighted by Crippen LogP contribution is 2.22. The molecule has 6 heteroatoms. The highest BCUT2D eigenvalue weighted by atomic mass is 32.2. The molecular formula is C21H27N5S. The van der Waals surface area contributed by atoms with Gasteiger partial charge in [-0.25, -0.2) is 4.99 Å². The minimum absolute atomic E-state index is 0.620. The van der Waals surface area contributed by atoms with E-state index < -0.39 is 0 Å². The summed E-state index contributed by atoms with van der Waals surface area (Å²) in [5, 5.41) is 13.6. The maximum atomic E-state index is 4.64. The molecule has 0 bridgehead atoms. The van der Waals surface area contributed by atoms with Crippen molar-refractivity contribution in [1.29, 1.82) is 0 Å². The third kappa shape index (κ3) is 5.50. The number of nitrogens with zero attached hydrogens (tertiary/aromatic N) is 3. The number of thioether (sulfide) groups is 1. The van der Waals surface area contributed by atoms with E-state index in [1.54, 1.807) is 6.20 Å². The Morgan fingerprint density at radius 2 is 1.96 bits per heavy atom. The molecule has 0 amide bonds. The van der Waals surface area contributed by atoms with Gasteiger partial charge in [-0.15, -0.1) is 0 Å². The number of rotatable bonds is 8. The van der Waals surface area contributed by atoms with E-state index >= 15 is 0 Å². The SMILES string of the molecule is CCNC(=NCc1ccnn1C)NCCSCc1cccc2ccccc12. The van der Waals surface area contributed by atoms with Crippen molar-refractivity contribution in [3.05, 3.63) is 66.0 Å². The molecule has 0 saturated heterocycles. The molecule has 1 aromatic heterocycles. The fraction of sp³-hybridized carbons (Fsp3) is 0.333. The summed E-state index contributed by atoms with van der Waals surface area (Å²) < 4.78 is 1.85. The van der Waals surface area contributed by atoms with Gasteiger partial charge < -0.3 is 10.6 Å². The zero-order chi connectivity index (χ0) is 18.9. The van der Waals surface area contributed by atoms with Crippen molar-refractivity contribution >= 4 is 28.5 Å². The van der Waals surface area contributed by atoms with Gasteiger partial charge in [0.05, 0.1) is 12.2 Å². The minimum atomic E-state index is 0.620. The summed E-state index contributed by atoms with van der Waals surface area (Å²) >= 11 is 1.94. The second-order valence-corrected chi connectivity index (χ2v) is 7.36. The van der Waals surface area contributed by atoms with Gasteiger partial charge >= 0.3 is 0 Å². The van der Waals surface area contributed by atoms with Crippen LogP contribution in [0.5, 0.6) is 0 Å². The van der Waals surface area contributed by atoms with E-state index in [4.69, 9.17) is 0 Å². The Bertz CT molecular complexity index is 882. The summed E-state index contributed by atoms with van der Waals surface area (Å²) in [5.41, 5.74) is 2.49. The lowest BCUT2D eigenvalue weighted by Crippen LogP contribution is -2.38. The minimum Gasteiger partial charge on any atom is -0.357 e. The molecule has 0 radical (unpaired) electrons. The average Bonchev–Trinajstić information content (AvgIpc) is 3.10. The van der Waals surface area contributed by atoms with Gasteiger partial charge in [0.25, 0.3) is 0 Å². The Balaban J connectivity index is 1.47. The second kappa shape index (κ2) is 10.0. The molecular weight excluding hydrogens is 354 g/mol. The molecule has 0 saturated carbocycles. The smallest absolute Gasteiger partial charge is 0.191 e. The summed E-state index contributed by atoms with van der Waals surface area (Å²) in [7, 11) is 1.94. The van der Waals surface area contributed by atoms with Gasteiger partial charge in [-0.2, -0.15) is 16.9 Å². The molecule has 0 aliphatic carbocycles. The largest absolute Gasteiger partial charge is 0.357 e. The first-order chi connectivity index (χ1) is 13.3. The molecule has 0 aliphatic heterocycles. The van der Waals surface area contributed by atoms with Gasteiger partial charge in [0.2, 0.25) is 0 Å². The predicted octanol–water partition coefficient (Wildman–Crippen LogP) is 3.56. The van der Waals surface area contributed by atoms with Crippen LogP contribution in [0, 0.1) is 0 Å². The quantitative estimate of drug-likeness (QED) is 0.356. The van der Waals surface area contributed by atoms with Gasteiger partial charge in [-0.1, -0.05) is 42.5 Å². The van der Waals surface area contributed by atoms with Crippen LogP contribution in [-0.2, 0) is 19.3 Å². The van der Waals surface area contributed by atoms with E-state index in [2.05, 4.69) is 70.1 Å². The fourth-order valence-corrected chi connectivity index (χ4v) is 3.76. The molecule has 5 nitrogen and oxygen atoms in total. The summed E-state index contributed by atoms with van der Waals surface area (Å²) in [6.07, 6.45) is 1.80. The van der Waals surface area contributed by atoms with Crippen molar-refractivity contribution in [2.75, 3.05) is 18.8 Å². The van der Waals surface area contributed by atoms with Gasteiger partial charge in [0.15, 0.2) is 5.96 Å². The molecule has 3 aromatic rings. The first kappa shape index (κ1) is 19.3. The predicted molar refractivity (Wildman–Crippen MR) is 116 cm³/mol. The molecule has 27 heavy (non-hydrogen) atoms. The van der Waals surface area contributed by atoms with E-state index in [0.717, 1.165) is 36.2 Å². The van der Waals surface area contributed by atoms with Crippen LogP contribution in [-0.4, -0.2) is 34.6 Å². The normalized spacial score (nSPS) is 11.7. The van der Waals surface area contributed by atoms with Gasteiger partial charge in [0, 0.05) is 37.8 Å². The van der Waals surface area contributed by atoms with E-state index in [1.165, 1.54) is 16.3 Å². The van der Waals surface area contributed by atoms with E-state index in [9.17, 15) is 0 Å². The van der Waals surface area contributed by atoms with Gasteiger partial charge in [-0.05, 0) is 29.3 Å². The van der Waals surface area contributed by atoms with Crippen molar-refractivity contribution < 1.29 is 0 Å². The van der Waals surface area contributed by atoms with E-state index in [-0.39, 0.29) is 0 Å². The third-order valence-corrected chi connectivity index (χ3v) is 5.35. The lowest BCUT2D eigenvalue weighted by molar-refractivity contribution is 0.708. The first-order valence-electron chi connectivity index (χ1n) is 9.31. The number of benzene rings is 2. The first-order valence-corrected chi connectivity index (χ1v) is 10.5. The number of aliphatic imine (C=N–C) groups is 1. The van der Waals surface area contributed by atoms with Crippen LogP contribution in [0.15, 0.2) is 59.7 Å². The number of hydrogen-bond donors (Lipinski definition) is 2. The standard InChI is InChI=1S/C21H27N5S/c1-3-22-21(24-15-19-11-12-25-26(19)2)23-13-14-27-16-18-9-6-8-17-7-4-5-10-20(17)18/h4-12H,3,13-16H2,1-2H3,(H2,22,23,24). The van der Waals surface area contributed by atoms with Gasteiger partial charge in [0.1, 0.15) is 0 Å². The Labute approximate surface area is 165 Å². The Morgan fingerprint density at radius 1 is 1.11 bits per heavy atom. The van der Waals surface area contributed by atoms with Crippen LogP contribution in [0.1, 0.15) is 18.2 Å². The topological polar surface area (TPSA) is 54.2 Å². The lowest BCUT2D eigenvalue weighted by atomic mass is 10.1. The number of hydrogen-bond acceptors (Lipinski definition) is 3. The molecule has 0 aliphatic rings. The van der Waals surface area contributed by atoms with Crippen LogP contribution < -0.4 is 10.6 Å². The monoisotopic (exact) mass is 381 g/mol. The summed E-state index contributed by atoms with van der Waals surface area (Å²) in [6, 6.07) is 17.1. The Hall–Kier alpha value is -2.47. The molecule has 2 aromatic carbocycles. The number of aromatic nitrogens is 2.